The van der Waals surface area contributed by atoms with E-state index in [1.54, 1.807) is 0 Å². The van der Waals surface area contributed by atoms with Crippen molar-refractivity contribution < 1.29 is 9.21 Å². The molecule has 1 saturated carbocycles. The number of amides is 1. The first-order chi connectivity index (χ1) is 13.2. The zero-order chi connectivity index (χ0) is 18.6. The molecule has 5 nitrogen and oxygen atoms in total. The third kappa shape index (κ3) is 4.57. The van der Waals surface area contributed by atoms with Crippen LogP contribution < -0.4 is 5.32 Å². The van der Waals surface area contributed by atoms with Gasteiger partial charge >= 0.3 is 0 Å². The van der Waals surface area contributed by atoms with Crippen molar-refractivity contribution in [3.63, 3.8) is 0 Å². The summed E-state index contributed by atoms with van der Waals surface area (Å²) in [5.74, 6) is 1.34. The first-order valence-electron chi connectivity index (χ1n) is 9.10. The fraction of sp³-hybridized carbons (Fsp3) is 0.286. The van der Waals surface area contributed by atoms with Crippen molar-refractivity contribution in [1.82, 2.24) is 15.5 Å². The molecule has 1 aromatic heterocycles. The molecule has 1 N–H and O–H groups in total. The molecule has 0 aliphatic heterocycles. The van der Waals surface area contributed by atoms with Gasteiger partial charge in [0.1, 0.15) is 0 Å². The lowest BCUT2D eigenvalue weighted by Gasteiger charge is -2.14. The highest BCUT2D eigenvalue weighted by molar-refractivity contribution is 7.99. The number of carbonyl (C=O) groups excluding carboxylic acids is 1. The summed E-state index contributed by atoms with van der Waals surface area (Å²) in [5, 5.41) is 11.5. The molecule has 2 aromatic carbocycles. The molecule has 1 heterocycles. The van der Waals surface area contributed by atoms with Crippen LogP contribution in [0.4, 0.5) is 0 Å². The predicted molar refractivity (Wildman–Crippen MR) is 105 cm³/mol. The van der Waals surface area contributed by atoms with Gasteiger partial charge in [0, 0.05) is 5.92 Å². The van der Waals surface area contributed by atoms with Crippen LogP contribution in [0.1, 0.15) is 43.2 Å². The Balaban J connectivity index is 1.29. The molecule has 1 atom stereocenters. The van der Waals surface area contributed by atoms with E-state index in [9.17, 15) is 4.79 Å². The average Bonchev–Trinajstić information content (AvgIpc) is 3.45. The van der Waals surface area contributed by atoms with Crippen molar-refractivity contribution in [3.8, 4) is 11.1 Å². The second kappa shape index (κ2) is 7.96. The van der Waals surface area contributed by atoms with Gasteiger partial charge in [-0.3, -0.25) is 4.79 Å². The van der Waals surface area contributed by atoms with Gasteiger partial charge in [-0.2, -0.15) is 0 Å². The van der Waals surface area contributed by atoms with E-state index in [0.29, 0.717) is 17.0 Å². The van der Waals surface area contributed by atoms with Gasteiger partial charge < -0.3 is 9.73 Å². The molecule has 138 valence electrons. The van der Waals surface area contributed by atoms with E-state index >= 15 is 0 Å². The van der Waals surface area contributed by atoms with Crippen LogP contribution in [-0.2, 0) is 4.79 Å². The van der Waals surface area contributed by atoms with Gasteiger partial charge in [-0.05, 0) is 36.5 Å². The molecule has 3 aromatic rings. The molecular formula is C21H21N3O2S. The lowest BCUT2D eigenvalue weighted by Crippen LogP contribution is -2.28. The highest BCUT2D eigenvalue weighted by atomic mass is 32.2. The van der Waals surface area contributed by atoms with Crippen molar-refractivity contribution in [2.24, 2.45) is 0 Å². The Morgan fingerprint density at radius 1 is 1.11 bits per heavy atom. The van der Waals surface area contributed by atoms with Crippen LogP contribution >= 0.6 is 11.8 Å². The van der Waals surface area contributed by atoms with Gasteiger partial charge in [0.25, 0.3) is 5.22 Å². The van der Waals surface area contributed by atoms with Crippen LogP contribution in [0.5, 0.6) is 0 Å². The van der Waals surface area contributed by atoms with E-state index in [0.717, 1.165) is 24.0 Å². The van der Waals surface area contributed by atoms with Gasteiger partial charge in [-0.1, -0.05) is 66.4 Å². The molecule has 0 radical (unpaired) electrons. The number of aromatic nitrogens is 2. The Bertz CT molecular complexity index is 905. The number of nitrogens with one attached hydrogen (secondary N) is 1. The van der Waals surface area contributed by atoms with Gasteiger partial charge in [-0.15, -0.1) is 10.2 Å². The fourth-order valence-corrected chi connectivity index (χ4v) is 3.44. The van der Waals surface area contributed by atoms with E-state index in [2.05, 4.69) is 51.9 Å². The Hall–Kier alpha value is -2.60. The molecular weight excluding hydrogens is 358 g/mol. The Kier molecular flexibility index (Phi) is 5.25. The molecule has 1 amide bonds. The van der Waals surface area contributed by atoms with Crippen molar-refractivity contribution in [3.05, 3.63) is 66.1 Å². The van der Waals surface area contributed by atoms with Gasteiger partial charge in [0.05, 0.1) is 11.8 Å². The number of thioether (sulfide) groups is 1. The number of hydrogen-bond donors (Lipinski definition) is 1. The zero-order valence-corrected chi connectivity index (χ0v) is 15.9. The maximum atomic E-state index is 12.2. The van der Waals surface area contributed by atoms with Crippen LogP contribution in [0.3, 0.4) is 0 Å². The maximum absolute atomic E-state index is 12.2. The smallest absolute Gasteiger partial charge is 0.277 e. The topological polar surface area (TPSA) is 68.0 Å². The second-order valence-corrected chi connectivity index (χ2v) is 7.67. The summed E-state index contributed by atoms with van der Waals surface area (Å²) >= 11 is 1.28. The number of carbonyl (C=O) groups is 1. The number of nitrogens with zero attached hydrogens (tertiary/aromatic N) is 2. The van der Waals surface area contributed by atoms with Crippen LogP contribution in [0, 0.1) is 0 Å². The summed E-state index contributed by atoms with van der Waals surface area (Å²) in [6.45, 7) is 1.98. The fourth-order valence-electron chi connectivity index (χ4n) is 2.86. The Morgan fingerprint density at radius 3 is 2.52 bits per heavy atom. The minimum atomic E-state index is -0.0624. The molecule has 27 heavy (non-hydrogen) atoms. The highest BCUT2D eigenvalue weighted by Gasteiger charge is 2.29. The quantitative estimate of drug-likeness (QED) is 0.609. The van der Waals surface area contributed by atoms with Crippen LogP contribution in [-0.4, -0.2) is 21.9 Å². The highest BCUT2D eigenvalue weighted by Crippen LogP contribution is 2.39. The summed E-state index contributed by atoms with van der Waals surface area (Å²) in [6, 6.07) is 18.5. The number of rotatable bonds is 7. The molecule has 6 heteroatoms. The minimum absolute atomic E-state index is 0.0502. The summed E-state index contributed by atoms with van der Waals surface area (Å²) in [5.41, 5.74) is 3.42. The summed E-state index contributed by atoms with van der Waals surface area (Å²) in [6.07, 6.45) is 2.24. The molecule has 1 fully saturated rings. The molecule has 0 unspecified atom stereocenters. The molecule has 1 aliphatic rings. The third-order valence-electron chi connectivity index (χ3n) is 4.57. The van der Waals surface area contributed by atoms with E-state index in [1.165, 1.54) is 17.3 Å². The largest absolute Gasteiger partial charge is 0.416 e. The normalized spacial score (nSPS) is 14.7. The lowest BCUT2D eigenvalue weighted by atomic mass is 10.0. The van der Waals surface area contributed by atoms with E-state index in [-0.39, 0.29) is 17.7 Å². The number of benzene rings is 2. The molecule has 4 rings (SSSR count). The lowest BCUT2D eigenvalue weighted by molar-refractivity contribution is -0.119. The van der Waals surface area contributed by atoms with E-state index in [1.807, 2.05) is 25.1 Å². The predicted octanol–water partition coefficient (Wildman–Crippen LogP) is 4.58. The number of hydrogen-bond acceptors (Lipinski definition) is 5. The van der Waals surface area contributed by atoms with Crippen molar-refractivity contribution >= 4 is 17.7 Å². The van der Waals surface area contributed by atoms with Crippen LogP contribution in [0.2, 0.25) is 0 Å². The van der Waals surface area contributed by atoms with Gasteiger partial charge in [0.15, 0.2) is 0 Å². The third-order valence-corrected chi connectivity index (χ3v) is 5.39. The molecule has 0 saturated heterocycles. The first kappa shape index (κ1) is 17.8. The molecule has 1 aliphatic carbocycles. The maximum Gasteiger partial charge on any atom is 0.277 e. The minimum Gasteiger partial charge on any atom is -0.416 e. The Labute approximate surface area is 162 Å². The summed E-state index contributed by atoms with van der Waals surface area (Å²) < 4.78 is 5.56. The van der Waals surface area contributed by atoms with E-state index < -0.39 is 0 Å². The van der Waals surface area contributed by atoms with Gasteiger partial charge in [-0.25, -0.2) is 0 Å². The summed E-state index contributed by atoms with van der Waals surface area (Å²) in [7, 11) is 0. The second-order valence-electron chi connectivity index (χ2n) is 6.75. The molecule has 0 spiro atoms. The SMILES string of the molecule is C[C@@H](NC(=O)CSc1nnc(C2CC2)o1)c1ccc(-c2ccccc2)cc1. The van der Waals surface area contributed by atoms with Crippen LogP contribution in [0.15, 0.2) is 64.2 Å². The Morgan fingerprint density at radius 2 is 1.81 bits per heavy atom. The van der Waals surface area contributed by atoms with Gasteiger partial charge in [0.2, 0.25) is 11.8 Å². The van der Waals surface area contributed by atoms with E-state index in [4.69, 9.17) is 4.42 Å². The van der Waals surface area contributed by atoms with Crippen molar-refractivity contribution in [1.29, 1.82) is 0 Å². The molecule has 0 bridgehead atoms. The van der Waals surface area contributed by atoms with Crippen LogP contribution in [0.25, 0.3) is 11.1 Å². The monoisotopic (exact) mass is 379 g/mol. The average molecular weight is 379 g/mol. The van der Waals surface area contributed by atoms with Crippen molar-refractivity contribution in [2.75, 3.05) is 5.75 Å². The summed E-state index contributed by atoms with van der Waals surface area (Å²) in [4.78, 5) is 12.2. The standard InChI is InChI=1S/C21H21N3O2S/c1-14(15-7-9-17(10-8-15)16-5-3-2-4-6-16)22-19(25)13-27-21-24-23-20(26-21)18-11-12-18/h2-10,14,18H,11-13H2,1H3,(H,22,25)/t14-/m1/s1. The zero-order valence-electron chi connectivity index (χ0n) is 15.1. The van der Waals surface area contributed by atoms with Crippen molar-refractivity contribution in [2.45, 2.75) is 36.9 Å². The first-order valence-corrected chi connectivity index (χ1v) is 10.1.